The number of benzene rings is 1. The summed E-state index contributed by atoms with van der Waals surface area (Å²) in [5, 5.41) is 34.8. The molecule has 4 rings (SSSR count). The molecule has 0 heterocycles. The quantitative estimate of drug-likeness (QED) is 0.291. The average Bonchev–Trinajstić information content (AvgIpc) is 2.64. The van der Waals surface area contributed by atoms with Crippen LogP contribution in [0.3, 0.4) is 0 Å². The van der Waals surface area contributed by atoms with Gasteiger partial charge >= 0.3 is 0 Å². The van der Waals surface area contributed by atoms with Crippen molar-refractivity contribution < 1.29 is 15.4 Å². The van der Waals surface area contributed by atoms with Crippen LogP contribution in [0.4, 0.5) is 0 Å². The van der Waals surface area contributed by atoms with E-state index in [1.54, 1.807) is 0 Å². The number of unbranched alkanes of at least 4 members (excludes halogenated alkanes) is 3. The Morgan fingerprint density at radius 1 is 1.11 bits per heavy atom. The highest BCUT2D eigenvalue weighted by molar-refractivity contribution is 5.90. The van der Waals surface area contributed by atoms with Gasteiger partial charge in [0.25, 0.3) is 0 Å². The molecule has 4 nitrogen and oxygen atoms in total. The van der Waals surface area contributed by atoms with E-state index in [9.17, 15) is 15.4 Å². The van der Waals surface area contributed by atoms with Gasteiger partial charge in [-0.25, -0.2) is 0 Å². The first-order valence-electron chi connectivity index (χ1n) is 10.9. The van der Waals surface area contributed by atoms with Crippen LogP contribution in [0.2, 0.25) is 0 Å². The van der Waals surface area contributed by atoms with Crippen molar-refractivity contribution in [2.75, 3.05) is 0 Å². The number of phenols is 2. The second kappa shape index (κ2) is 7.61. The third-order valence-electron chi connectivity index (χ3n) is 7.73. The molecule has 0 radical (unpaired) electrons. The molecule has 3 aliphatic rings. The Morgan fingerprint density at radius 2 is 1.75 bits per heavy atom. The Labute approximate surface area is 169 Å². The van der Waals surface area contributed by atoms with Gasteiger partial charge in [-0.3, -0.25) is 0 Å². The minimum Gasteiger partial charge on any atom is -0.508 e. The lowest BCUT2D eigenvalue weighted by atomic mass is 9.44. The standard InChI is InChI=1S/C24H37NO3/c1-6-7-8-9-10-23(2,3)15-11-20(26)22(21(27)12-15)16-13-19(25-28)18-14-17(16)24(18,4)5/h11-12,16-18,26-28H,6-10,13-14H2,1-5H3. The van der Waals surface area contributed by atoms with E-state index in [0.717, 1.165) is 30.5 Å². The molecule has 3 atom stereocenters. The van der Waals surface area contributed by atoms with E-state index >= 15 is 0 Å². The van der Waals surface area contributed by atoms with Crippen LogP contribution in [0.1, 0.15) is 96.6 Å². The zero-order valence-electron chi connectivity index (χ0n) is 18.1. The molecule has 1 aromatic carbocycles. The molecule has 156 valence electrons. The summed E-state index contributed by atoms with van der Waals surface area (Å²) in [5.74, 6) is 1.05. The lowest BCUT2D eigenvalue weighted by Gasteiger charge is -2.60. The van der Waals surface area contributed by atoms with Gasteiger partial charge in [-0.05, 0) is 59.6 Å². The monoisotopic (exact) mass is 387 g/mol. The summed E-state index contributed by atoms with van der Waals surface area (Å²) in [4.78, 5) is 0. The fraction of sp³-hybridized carbons (Fsp3) is 0.708. The maximum Gasteiger partial charge on any atom is 0.123 e. The number of hydrogen-bond acceptors (Lipinski definition) is 4. The fourth-order valence-corrected chi connectivity index (χ4v) is 5.66. The van der Waals surface area contributed by atoms with Gasteiger partial charge in [-0.15, -0.1) is 0 Å². The zero-order chi connectivity index (χ0) is 20.7. The minimum atomic E-state index is -0.0909. The lowest BCUT2D eigenvalue weighted by molar-refractivity contribution is -0.0182. The van der Waals surface area contributed by atoms with Crippen LogP contribution in [-0.4, -0.2) is 21.1 Å². The van der Waals surface area contributed by atoms with Gasteiger partial charge in [0.2, 0.25) is 0 Å². The molecule has 3 fully saturated rings. The first-order valence-corrected chi connectivity index (χ1v) is 10.9. The molecule has 28 heavy (non-hydrogen) atoms. The molecule has 0 aromatic heterocycles. The molecule has 3 aliphatic carbocycles. The van der Waals surface area contributed by atoms with E-state index < -0.39 is 0 Å². The summed E-state index contributed by atoms with van der Waals surface area (Å²) < 4.78 is 0. The topological polar surface area (TPSA) is 73.1 Å². The summed E-state index contributed by atoms with van der Waals surface area (Å²) in [6, 6.07) is 3.70. The number of nitrogens with zero attached hydrogens (tertiary/aromatic N) is 1. The summed E-state index contributed by atoms with van der Waals surface area (Å²) in [5.41, 5.74) is 2.35. The van der Waals surface area contributed by atoms with Gasteiger partial charge in [0.05, 0.1) is 5.71 Å². The van der Waals surface area contributed by atoms with Crippen LogP contribution in [0.5, 0.6) is 11.5 Å². The van der Waals surface area contributed by atoms with Gasteiger partial charge in [-0.1, -0.05) is 65.5 Å². The average molecular weight is 388 g/mol. The van der Waals surface area contributed by atoms with Crippen LogP contribution in [-0.2, 0) is 5.41 Å². The Bertz CT molecular complexity index is 727. The maximum absolute atomic E-state index is 10.9. The number of phenolic OH excluding ortho intramolecular Hbond substituents is 2. The van der Waals surface area contributed by atoms with Crippen molar-refractivity contribution >= 4 is 5.71 Å². The van der Waals surface area contributed by atoms with Crippen molar-refractivity contribution in [1.82, 2.24) is 0 Å². The highest BCUT2D eigenvalue weighted by Crippen LogP contribution is 2.64. The van der Waals surface area contributed by atoms with Crippen LogP contribution < -0.4 is 0 Å². The minimum absolute atomic E-state index is 0.00684. The normalized spacial score (nSPS) is 27.6. The van der Waals surface area contributed by atoms with Gasteiger partial charge < -0.3 is 15.4 Å². The predicted molar refractivity (Wildman–Crippen MR) is 114 cm³/mol. The maximum atomic E-state index is 10.9. The summed E-state index contributed by atoms with van der Waals surface area (Å²) in [7, 11) is 0. The van der Waals surface area contributed by atoms with Gasteiger partial charge in [-0.2, -0.15) is 0 Å². The van der Waals surface area contributed by atoms with E-state index in [0.29, 0.717) is 23.8 Å². The van der Waals surface area contributed by atoms with Crippen LogP contribution in [0.15, 0.2) is 17.3 Å². The first kappa shape index (κ1) is 21.0. The molecule has 0 saturated heterocycles. The number of rotatable bonds is 7. The molecular formula is C24H37NO3. The van der Waals surface area contributed by atoms with Crippen molar-refractivity contribution in [1.29, 1.82) is 0 Å². The van der Waals surface area contributed by atoms with Gasteiger partial charge in [0.15, 0.2) is 0 Å². The first-order chi connectivity index (χ1) is 13.1. The Kier molecular flexibility index (Phi) is 5.71. The highest BCUT2D eigenvalue weighted by Gasteiger charge is 2.58. The fourth-order valence-electron chi connectivity index (χ4n) is 5.66. The SMILES string of the molecule is CCCCCCC(C)(C)c1cc(O)c(C2CC(=NO)C3CC2C3(C)C)c(O)c1. The molecule has 3 saturated carbocycles. The van der Waals surface area contributed by atoms with E-state index in [1.807, 2.05) is 12.1 Å². The lowest BCUT2D eigenvalue weighted by Crippen LogP contribution is -2.56. The summed E-state index contributed by atoms with van der Waals surface area (Å²) in [6.07, 6.45) is 7.44. The molecule has 4 heteroatoms. The van der Waals surface area contributed by atoms with E-state index in [-0.39, 0.29) is 28.2 Å². The van der Waals surface area contributed by atoms with Gasteiger partial charge in [0, 0.05) is 11.5 Å². The Balaban J connectivity index is 1.86. The Hall–Kier alpha value is -1.71. The molecule has 1 aromatic rings. The van der Waals surface area contributed by atoms with Crippen molar-refractivity contribution in [3.8, 4) is 11.5 Å². The number of aromatic hydroxyl groups is 2. The molecule has 0 aliphatic heterocycles. The summed E-state index contributed by atoms with van der Waals surface area (Å²) >= 11 is 0. The molecule has 3 N–H and O–H groups in total. The molecule has 2 bridgehead atoms. The van der Waals surface area contributed by atoms with Crippen molar-refractivity contribution in [3.05, 3.63) is 23.3 Å². The summed E-state index contributed by atoms with van der Waals surface area (Å²) in [6.45, 7) is 11.0. The highest BCUT2D eigenvalue weighted by atomic mass is 16.4. The second-order valence-corrected chi connectivity index (χ2v) is 10.2. The third kappa shape index (κ3) is 3.51. The van der Waals surface area contributed by atoms with Crippen LogP contribution in [0.25, 0.3) is 0 Å². The Morgan fingerprint density at radius 3 is 2.29 bits per heavy atom. The zero-order valence-corrected chi connectivity index (χ0v) is 18.1. The second-order valence-electron chi connectivity index (χ2n) is 10.2. The van der Waals surface area contributed by atoms with E-state index in [1.165, 1.54) is 19.3 Å². The number of oxime groups is 1. The largest absolute Gasteiger partial charge is 0.508 e. The predicted octanol–water partition coefficient (Wildman–Crippen LogP) is 6.33. The number of fused-ring (bicyclic) bond motifs is 2. The van der Waals surface area contributed by atoms with Crippen LogP contribution >= 0.6 is 0 Å². The van der Waals surface area contributed by atoms with Crippen molar-refractivity contribution in [2.45, 2.75) is 90.9 Å². The molecule has 0 amide bonds. The molecule has 0 spiro atoms. The van der Waals surface area contributed by atoms with Gasteiger partial charge in [0.1, 0.15) is 11.5 Å². The molecular weight excluding hydrogens is 350 g/mol. The van der Waals surface area contributed by atoms with Crippen molar-refractivity contribution in [3.63, 3.8) is 0 Å². The third-order valence-corrected chi connectivity index (χ3v) is 7.73. The molecule has 3 unspecified atom stereocenters. The van der Waals surface area contributed by atoms with Crippen molar-refractivity contribution in [2.24, 2.45) is 22.4 Å². The smallest absolute Gasteiger partial charge is 0.123 e. The van der Waals surface area contributed by atoms with E-state index in [2.05, 4.69) is 39.8 Å². The van der Waals surface area contributed by atoms with E-state index in [4.69, 9.17) is 0 Å². The number of hydrogen-bond donors (Lipinski definition) is 3. The van der Waals surface area contributed by atoms with Crippen LogP contribution in [0, 0.1) is 17.3 Å².